The lowest BCUT2D eigenvalue weighted by Gasteiger charge is -2.10. The Morgan fingerprint density at radius 3 is 2.38 bits per heavy atom. The Labute approximate surface area is 185 Å². The molecule has 0 fully saturated rings. The first-order valence-electron chi connectivity index (χ1n) is 10.2. The summed E-state index contributed by atoms with van der Waals surface area (Å²) in [6.07, 6.45) is 2.05. The molecule has 1 heterocycles. The number of nitrogens with one attached hydrogen (secondary N) is 1. The van der Waals surface area contributed by atoms with Crippen molar-refractivity contribution in [3.63, 3.8) is 0 Å². The van der Waals surface area contributed by atoms with Crippen LogP contribution in [0.5, 0.6) is 11.6 Å². The molecule has 9 heteroatoms. The fourth-order valence-corrected chi connectivity index (χ4v) is 2.75. The van der Waals surface area contributed by atoms with Crippen LogP contribution >= 0.6 is 0 Å². The van der Waals surface area contributed by atoms with E-state index in [1.54, 1.807) is 36.4 Å². The molecule has 1 aromatic heterocycles. The Hall–Kier alpha value is -4.01. The Balaban J connectivity index is 1.79. The van der Waals surface area contributed by atoms with Crippen LogP contribution in [0.2, 0.25) is 0 Å². The van der Waals surface area contributed by atoms with E-state index in [0.717, 1.165) is 12.0 Å². The van der Waals surface area contributed by atoms with Gasteiger partial charge in [0.15, 0.2) is 0 Å². The minimum absolute atomic E-state index is 0.0275. The van der Waals surface area contributed by atoms with Crippen LogP contribution in [0.25, 0.3) is 0 Å². The smallest absolute Gasteiger partial charge is 0.373 e. The number of carbonyl (C=O) groups excluding carboxylic acids is 1. The number of carbonyl (C=O) groups is 1. The second-order valence-corrected chi connectivity index (χ2v) is 7.43. The second-order valence-electron chi connectivity index (χ2n) is 7.43. The van der Waals surface area contributed by atoms with Gasteiger partial charge in [0.25, 0.3) is 0 Å². The van der Waals surface area contributed by atoms with Crippen molar-refractivity contribution >= 4 is 23.2 Å². The summed E-state index contributed by atoms with van der Waals surface area (Å²) in [7, 11) is 0. The molecule has 166 valence electrons. The average molecular weight is 436 g/mol. The predicted molar refractivity (Wildman–Crippen MR) is 119 cm³/mol. The van der Waals surface area contributed by atoms with E-state index in [0.29, 0.717) is 23.6 Å². The first kappa shape index (κ1) is 22.7. The van der Waals surface area contributed by atoms with Crippen molar-refractivity contribution in [3.05, 3.63) is 76.1 Å². The molecule has 1 N–H and O–H groups in total. The van der Waals surface area contributed by atoms with Gasteiger partial charge in [-0.1, -0.05) is 32.9 Å². The van der Waals surface area contributed by atoms with Gasteiger partial charge in [-0.25, -0.2) is 9.78 Å². The molecule has 0 amide bonds. The largest absolute Gasteiger partial charge is 0.462 e. The zero-order chi connectivity index (χ0) is 23.1. The molecular weight excluding hydrogens is 412 g/mol. The van der Waals surface area contributed by atoms with Gasteiger partial charge in [-0.3, -0.25) is 10.1 Å². The highest BCUT2D eigenvalue weighted by atomic mass is 16.6. The maximum atomic E-state index is 12.1. The van der Waals surface area contributed by atoms with Crippen LogP contribution in [0.15, 0.2) is 54.9 Å². The lowest BCUT2D eigenvalue weighted by atomic mass is 10.2. The van der Waals surface area contributed by atoms with Crippen LogP contribution < -0.4 is 10.1 Å². The van der Waals surface area contributed by atoms with E-state index >= 15 is 0 Å². The predicted octanol–water partition coefficient (Wildman–Crippen LogP) is 5.30. The second kappa shape index (κ2) is 10.3. The van der Waals surface area contributed by atoms with E-state index < -0.39 is 16.6 Å². The van der Waals surface area contributed by atoms with Crippen molar-refractivity contribution in [2.45, 2.75) is 27.2 Å². The number of benzene rings is 2. The molecule has 0 spiro atoms. The number of nitro groups is 1. The Kier molecular flexibility index (Phi) is 7.33. The highest BCUT2D eigenvalue weighted by Gasteiger charge is 2.25. The first-order valence-corrected chi connectivity index (χ1v) is 10.2. The van der Waals surface area contributed by atoms with Crippen LogP contribution in [0, 0.1) is 16.0 Å². The maximum absolute atomic E-state index is 12.1. The fraction of sp³-hybridized carbons (Fsp3) is 0.261. The normalized spacial score (nSPS) is 10.6. The molecule has 0 aliphatic carbocycles. The quantitative estimate of drug-likeness (QED) is 0.273. The summed E-state index contributed by atoms with van der Waals surface area (Å²) in [5.41, 5.74) is 1.61. The van der Waals surface area contributed by atoms with Gasteiger partial charge in [-0.2, -0.15) is 4.98 Å². The first-order chi connectivity index (χ1) is 15.4. The number of rotatable bonds is 9. The number of ether oxygens (including phenoxy) is 2. The van der Waals surface area contributed by atoms with Crippen molar-refractivity contribution in [3.8, 4) is 11.6 Å². The van der Waals surface area contributed by atoms with Crippen LogP contribution in [-0.2, 0) is 11.2 Å². The molecule has 0 atom stereocenters. The highest BCUT2D eigenvalue weighted by Crippen LogP contribution is 2.35. The van der Waals surface area contributed by atoms with Crippen molar-refractivity contribution in [1.82, 2.24) is 9.97 Å². The monoisotopic (exact) mass is 436 g/mol. The maximum Gasteiger partial charge on any atom is 0.373 e. The molecule has 3 rings (SSSR count). The van der Waals surface area contributed by atoms with E-state index in [1.165, 1.54) is 6.33 Å². The van der Waals surface area contributed by atoms with Gasteiger partial charge in [0.2, 0.25) is 5.82 Å². The number of esters is 1. The average Bonchev–Trinajstić information content (AvgIpc) is 2.78. The van der Waals surface area contributed by atoms with Gasteiger partial charge >= 0.3 is 17.5 Å². The third-order valence-corrected chi connectivity index (χ3v) is 4.45. The van der Waals surface area contributed by atoms with E-state index in [-0.39, 0.29) is 17.6 Å². The molecule has 0 aliphatic heterocycles. The van der Waals surface area contributed by atoms with Crippen LogP contribution in [0.1, 0.15) is 36.7 Å². The summed E-state index contributed by atoms with van der Waals surface area (Å²) in [6.45, 7) is 6.26. The minimum atomic E-state index is -0.601. The number of aryl methyl sites for hydroxylation is 1. The van der Waals surface area contributed by atoms with Gasteiger partial charge in [0, 0.05) is 5.69 Å². The Morgan fingerprint density at radius 1 is 1.09 bits per heavy atom. The molecule has 9 nitrogen and oxygen atoms in total. The van der Waals surface area contributed by atoms with Gasteiger partial charge in [-0.15, -0.1) is 0 Å². The number of anilines is 2. The van der Waals surface area contributed by atoms with Crippen molar-refractivity contribution < 1.29 is 19.2 Å². The summed E-state index contributed by atoms with van der Waals surface area (Å²) in [4.78, 5) is 31.1. The van der Waals surface area contributed by atoms with Crippen molar-refractivity contribution in [1.29, 1.82) is 0 Å². The van der Waals surface area contributed by atoms with E-state index in [9.17, 15) is 14.9 Å². The molecular formula is C23H24N4O5. The zero-order valence-corrected chi connectivity index (χ0v) is 18.1. The lowest BCUT2D eigenvalue weighted by molar-refractivity contribution is -0.385. The van der Waals surface area contributed by atoms with Gasteiger partial charge in [0.1, 0.15) is 12.1 Å². The molecule has 0 unspecified atom stereocenters. The number of hydrogen-bond acceptors (Lipinski definition) is 8. The molecule has 0 saturated heterocycles. The zero-order valence-electron chi connectivity index (χ0n) is 18.1. The molecule has 0 aliphatic rings. The van der Waals surface area contributed by atoms with Gasteiger partial charge in [0.05, 0.1) is 17.1 Å². The Morgan fingerprint density at radius 2 is 1.78 bits per heavy atom. The number of nitrogens with zero attached hydrogens (tertiary/aromatic N) is 3. The lowest BCUT2D eigenvalue weighted by Crippen LogP contribution is -2.10. The van der Waals surface area contributed by atoms with Crippen LogP contribution in [-0.4, -0.2) is 27.5 Å². The molecule has 3 aromatic rings. The summed E-state index contributed by atoms with van der Waals surface area (Å²) in [6, 6.07) is 13.6. The summed E-state index contributed by atoms with van der Waals surface area (Å²) in [5.74, 6) is 0.0346. The summed E-state index contributed by atoms with van der Waals surface area (Å²) < 4.78 is 10.9. The van der Waals surface area contributed by atoms with Gasteiger partial charge < -0.3 is 14.8 Å². The number of hydrogen-bond donors (Lipinski definition) is 1. The summed E-state index contributed by atoms with van der Waals surface area (Å²) in [5, 5.41) is 14.6. The third kappa shape index (κ3) is 5.78. The van der Waals surface area contributed by atoms with Crippen LogP contribution in [0.3, 0.4) is 0 Å². The minimum Gasteiger partial charge on any atom is -0.462 e. The van der Waals surface area contributed by atoms with Crippen LogP contribution in [0.4, 0.5) is 17.2 Å². The molecule has 0 bridgehead atoms. The molecule has 32 heavy (non-hydrogen) atoms. The standard InChI is InChI=1S/C23H24N4O5/c1-4-16-5-11-19(12-6-16)32-22-20(27(29)30)21(24-14-25-22)26-18-9-7-17(8-10-18)23(28)31-13-15(2)3/h5-12,14-15H,4,13H2,1-3H3,(H,24,25,26). The van der Waals surface area contributed by atoms with E-state index in [1.807, 2.05) is 32.9 Å². The summed E-state index contributed by atoms with van der Waals surface area (Å²) >= 11 is 0. The van der Waals surface area contributed by atoms with Crippen molar-refractivity contribution in [2.75, 3.05) is 11.9 Å². The fourth-order valence-electron chi connectivity index (χ4n) is 2.75. The molecule has 0 saturated carbocycles. The number of aromatic nitrogens is 2. The topological polar surface area (TPSA) is 116 Å². The van der Waals surface area contributed by atoms with Crippen molar-refractivity contribution in [2.24, 2.45) is 5.92 Å². The SMILES string of the molecule is CCc1ccc(Oc2ncnc(Nc3ccc(C(=O)OCC(C)C)cc3)c2[N+](=O)[O-])cc1. The van der Waals surface area contributed by atoms with E-state index in [2.05, 4.69) is 15.3 Å². The molecule has 0 radical (unpaired) electrons. The molecule has 2 aromatic carbocycles. The van der Waals surface area contributed by atoms with E-state index in [4.69, 9.17) is 9.47 Å². The Bertz CT molecular complexity index is 1080. The van der Waals surface area contributed by atoms with Gasteiger partial charge in [-0.05, 0) is 54.3 Å². The highest BCUT2D eigenvalue weighted by molar-refractivity contribution is 5.90. The third-order valence-electron chi connectivity index (χ3n) is 4.45.